The second-order valence-corrected chi connectivity index (χ2v) is 14.0. The predicted molar refractivity (Wildman–Crippen MR) is 168 cm³/mol. The van der Waals surface area contributed by atoms with Gasteiger partial charge in [-0.1, -0.05) is 46.5 Å². The summed E-state index contributed by atoms with van der Waals surface area (Å²) in [5.41, 5.74) is 2.44. The van der Waals surface area contributed by atoms with Crippen LogP contribution in [0.2, 0.25) is 0 Å². The number of alkyl carbamates (subject to hydrolysis) is 1. The van der Waals surface area contributed by atoms with Crippen molar-refractivity contribution in [2.75, 3.05) is 6.61 Å². The van der Waals surface area contributed by atoms with Gasteiger partial charge < -0.3 is 40.1 Å². The summed E-state index contributed by atoms with van der Waals surface area (Å²) in [6, 6.07) is 3.71. The van der Waals surface area contributed by atoms with Gasteiger partial charge >= 0.3 is 18.0 Å². The highest BCUT2D eigenvalue weighted by atomic mass is 16.6. The van der Waals surface area contributed by atoms with Crippen molar-refractivity contribution >= 4 is 30.2 Å². The zero-order valence-corrected chi connectivity index (χ0v) is 27.6. The fourth-order valence-electron chi connectivity index (χ4n) is 5.65. The molecule has 0 radical (unpaired) electrons. The van der Waals surface area contributed by atoms with Gasteiger partial charge in [-0.15, -0.1) is 0 Å². The van der Waals surface area contributed by atoms with Crippen molar-refractivity contribution in [1.29, 1.82) is 10.7 Å². The van der Waals surface area contributed by atoms with E-state index >= 15 is 0 Å². The van der Waals surface area contributed by atoms with E-state index in [-0.39, 0.29) is 29.6 Å². The predicted octanol–water partition coefficient (Wildman–Crippen LogP) is 3.56. The number of nitrogens with two attached hydrogens (primary N) is 1. The number of amides is 1. The Morgan fingerprint density at radius 2 is 1.87 bits per heavy atom. The van der Waals surface area contributed by atoms with Crippen LogP contribution >= 0.6 is 0 Å². The van der Waals surface area contributed by atoms with Crippen molar-refractivity contribution < 1.29 is 38.4 Å². The number of carbonyl (C=O) groups is 3. The lowest BCUT2D eigenvalue weighted by Crippen LogP contribution is -2.53. The molecule has 254 valence electrons. The van der Waals surface area contributed by atoms with E-state index < -0.39 is 65.6 Å². The summed E-state index contributed by atoms with van der Waals surface area (Å²) in [6.07, 6.45) is 1.89. The summed E-state index contributed by atoms with van der Waals surface area (Å²) in [7, 11) is 0. The standard InChI is InChI=1S/C32H48N6O8/c1-30(2,3)25(38-29(42)46-31(4,5)6)28(41)44-24-21(16-43-23(39)15-19-11-9-7-8-10-12-19)45-32(17-33,26(24)40)22-14-13-20(37-22)27(35)36-18-34/h13-14,18-19,21,24-26,37,40H,7-12,15-16H2,1-6H3,(H,38,42)(H3,34,35,36)/t21-,24-,25+,26-,32+/m1/s1. The summed E-state index contributed by atoms with van der Waals surface area (Å²) in [5, 5.41) is 31.7. The second kappa shape index (κ2) is 15.1. The first kappa shape index (κ1) is 36.5. The molecule has 3 rings (SSSR count). The zero-order valence-electron chi connectivity index (χ0n) is 27.6. The number of hydrogen-bond donors (Lipinski definition) is 5. The molecular weight excluding hydrogens is 596 g/mol. The zero-order chi connectivity index (χ0) is 34.3. The smallest absolute Gasteiger partial charge is 0.408 e. The average molecular weight is 645 g/mol. The highest BCUT2D eigenvalue weighted by Gasteiger charge is 2.60. The fourth-order valence-corrected chi connectivity index (χ4v) is 5.65. The number of ether oxygens (including phenoxy) is 4. The van der Waals surface area contributed by atoms with Crippen LogP contribution < -0.4 is 11.1 Å². The van der Waals surface area contributed by atoms with Crippen LogP contribution in [0.15, 0.2) is 17.1 Å². The molecule has 1 aromatic heterocycles. The van der Waals surface area contributed by atoms with Gasteiger partial charge in [-0.05, 0) is 57.1 Å². The number of hydrogen-bond acceptors (Lipinski definition) is 10. The lowest BCUT2D eigenvalue weighted by Gasteiger charge is -2.32. The molecule has 2 fully saturated rings. The number of amidine groups is 1. The largest absolute Gasteiger partial charge is 0.463 e. The van der Waals surface area contributed by atoms with Crippen molar-refractivity contribution in [3.05, 3.63) is 23.5 Å². The molecule has 2 heterocycles. The monoisotopic (exact) mass is 644 g/mol. The minimum absolute atomic E-state index is 0.0463. The van der Waals surface area contributed by atoms with Crippen LogP contribution in [-0.4, -0.2) is 76.9 Å². The molecule has 1 saturated carbocycles. The summed E-state index contributed by atoms with van der Waals surface area (Å²) in [5.74, 6) is -1.21. The number of aromatic amines is 1. The maximum absolute atomic E-state index is 13.7. The number of rotatable bonds is 10. The van der Waals surface area contributed by atoms with E-state index in [9.17, 15) is 24.8 Å². The molecule has 14 heteroatoms. The minimum Gasteiger partial charge on any atom is -0.463 e. The van der Waals surface area contributed by atoms with Gasteiger partial charge in [0.2, 0.25) is 5.60 Å². The SMILES string of the molecule is CC(C)(C)OC(=O)N[C@@H](C(=O)O[C@H]1[C@@H](O)[C@](C#N)(c2ccc(C(N)=NC=N)[nH]2)O[C@@H]1COC(=O)CC1CCCCCC1)C(C)(C)C. The van der Waals surface area contributed by atoms with Gasteiger partial charge in [0.05, 0.1) is 11.4 Å². The summed E-state index contributed by atoms with van der Waals surface area (Å²) in [6.45, 7) is 9.78. The van der Waals surface area contributed by atoms with Crippen LogP contribution in [0.5, 0.6) is 0 Å². The normalized spacial score (nSPS) is 25.1. The van der Waals surface area contributed by atoms with Gasteiger partial charge in [-0.2, -0.15) is 5.26 Å². The van der Waals surface area contributed by atoms with Crippen LogP contribution in [0.1, 0.15) is 97.9 Å². The minimum atomic E-state index is -2.09. The molecule has 1 aromatic rings. The van der Waals surface area contributed by atoms with Crippen LogP contribution in [0.4, 0.5) is 4.79 Å². The average Bonchev–Trinajstić information content (AvgIpc) is 3.45. The molecular formula is C32H48N6O8. The van der Waals surface area contributed by atoms with Gasteiger partial charge in [0.25, 0.3) is 0 Å². The quantitative estimate of drug-likeness (QED) is 0.0819. The van der Waals surface area contributed by atoms with E-state index in [4.69, 9.17) is 30.1 Å². The molecule has 1 aliphatic heterocycles. The molecule has 1 aliphatic carbocycles. The molecule has 5 atom stereocenters. The van der Waals surface area contributed by atoms with Crippen molar-refractivity contribution in [2.24, 2.45) is 22.1 Å². The number of aliphatic hydroxyl groups excluding tert-OH is 1. The Labute approximate surface area is 269 Å². The van der Waals surface area contributed by atoms with Crippen LogP contribution in [0.25, 0.3) is 0 Å². The van der Waals surface area contributed by atoms with Crippen molar-refractivity contribution in [2.45, 2.75) is 122 Å². The van der Waals surface area contributed by atoms with Crippen LogP contribution in [0.3, 0.4) is 0 Å². The second-order valence-electron chi connectivity index (χ2n) is 14.0. The Morgan fingerprint density at radius 1 is 1.22 bits per heavy atom. The van der Waals surface area contributed by atoms with Crippen LogP contribution in [-0.2, 0) is 34.1 Å². The first-order valence-electron chi connectivity index (χ1n) is 15.7. The van der Waals surface area contributed by atoms with Gasteiger partial charge in [0.15, 0.2) is 6.10 Å². The molecule has 1 amide bonds. The Kier molecular flexibility index (Phi) is 12.0. The van der Waals surface area contributed by atoms with Crippen molar-refractivity contribution in [3.63, 3.8) is 0 Å². The topological polar surface area (TPSA) is 222 Å². The van der Waals surface area contributed by atoms with E-state index in [1.807, 2.05) is 6.07 Å². The number of esters is 2. The molecule has 6 N–H and O–H groups in total. The van der Waals surface area contributed by atoms with Gasteiger partial charge in [-0.3, -0.25) is 10.2 Å². The highest BCUT2D eigenvalue weighted by Crippen LogP contribution is 2.41. The first-order chi connectivity index (χ1) is 21.5. The van der Waals surface area contributed by atoms with E-state index in [0.717, 1.165) is 44.9 Å². The van der Waals surface area contributed by atoms with E-state index in [2.05, 4.69) is 15.3 Å². The third-order valence-electron chi connectivity index (χ3n) is 8.02. The number of nitriles is 1. The van der Waals surface area contributed by atoms with E-state index in [0.29, 0.717) is 0 Å². The van der Waals surface area contributed by atoms with Gasteiger partial charge in [0.1, 0.15) is 48.7 Å². The number of aliphatic hydroxyl groups is 1. The number of nitrogens with one attached hydrogen (secondary N) is 3. The molecule has 0 bridgehead atoms. The Hall–Kier alpha value is -3.96. The molecule has 0 aromatic carbocycles. The third-order valence-corrected chi connectivity index (χ3v) is 8.02. The number of aliphatic imine (C=N–C) groups is 1. The van der Waals surface area contributed by atoms with E-state index in [1.165, 1.54) is 12.1 Å². The van der Waals surface area contributed by atoms with Crippen LogP contribution in [0, 0.1) is 28.1 Å². The van der Waals surface area contributed by atoms with Crippen molar-refractivity contribution in [1.82, 2.24) is 10.3 Å². The van der Waals surface area contributed by atoms with E-state index in [1.54, 1.807) is 41.5 Å². The molecule has 1 saturated heterocycles. The Morgan fingerprint density at radius 3 is 2.43 bits per heavy atom. The molecule has 0 spiro atoms. The highest BCUT2D eigenvalue weighted by molar-refractivity contribution is 5.99. The third kappa shape index (κ3) is 9.29. The fraction of sp³-hybridized carbons (Fsp3) is 0.688. The first-order valence-corrected chi connectivity index (χ1v) is 15.7. The van der Waals surface area contributed by atoms with Gasteiger partial charge in [0, 0.05) is 6.42 Å². The summed E-state index contributed by atoms with van der Waals surface area (Å²) >= 11 is 0. The van der Waals surface area contributed by atoms with Gasteiger partial charge in [-0.25, -0.2) is 14.6 Å². The molecule has 14 nitrogen and oxygen atoms in total. The number of aromatic nitrogens is 1. The Balaban J connectivity index is 1.89. The number of H-pyrrole nitrogens is 1. The summed E-state index contributed by atoms with van der Waals surface area (Å²) < 4.78 is 22.8. The number of nitrogens with zero attached hydrogens (tertiary/aromatic N) is 2. The molecule has 2 aliphatic rings. The van der Waals surface area contributed by atoms with Crippen molar-refractivity contribution in [3.8, 4) is 6.07 Å². The lowest BCUT2D eigenvalue weighted by molar-refractivity contribution is -0.164. The Bertz CT molecular complexity index is 1310. The number of carbonyl (C=O) groups excluding carboxylic acids is 3. The summed E-state index contributed by atoms with van der Waals surface area (Å²) in [4.78, 5) is 45.8. The maximum Gasteiger partial charge on any atom is 0.408 e. The molecule has 0 unspecified atom stereocenters. The maximum atomic E-state index is 13.7. The lowest BCUT2D eigenvalue weighted by atomic mass is 9.86. The molecule has 46 heavy (non-hydrogen) atoms.